The first-order valence-corrected chi connectivity index (χ1v) is 7.51. The highest BCUT2D eigenvalue weighted by Crippen LogP contribution is 2.33. The van der Waals surface area contributed by atoms with E-state index in [1.54, 1.807) is 37.6 Å². The molecular weight excluding hydrogens is 298 g/mol. The van der Waals surface area contributed by atoms with Gasteiger partial charge in [-0.2, -0.15) is 0 Å². The maximum Gasteiger partial charge on any atom is 0.278 e. The summed E-state index contributed by atoms with van der Waals surface area (Å²) in [6, 6.07) is 6.77. The molecule has 0 amide bonds. The third kappa shape index (κ3) is 3.11. The standard InChI is InChI=1S/C16H19N3O4/c1-11-8-18(9-12(23-11)10-22-2)15-6-5-14(19(20)21)13-4-3-7-17-16(13)15/h3-7,11-12H,8-10H2,1-2H3. The molecule has 1 aromatic heterocycles. The van der Waals surface area contributed by atoms with Crippen LogP contribution < -0.4 is 4.90 Å². The van der Waals surface area contributed by atoms with Crippen LogP contribution in [0.4, 0.5) is 11.4 Å². The number of nitro groups is 1. The number of aromatic nitrogens is 1. The summed E-state index contributed by atoms with van der Waals surface area (Å²) >= 11 is 0. The van der Waals surface area contributed by atoms with Crippen molar-refractivity contribution in [2.75, 3.05) is 31.7 Å². The fourth-order valence-electron chi connectivity index (χ4n) is 3.08. The van der Waals surface area contributed by atoms with E-state index in [2.05, 4.69) is 9.88 Å². The summed E-state index contributed by atoms with van der Waals surface area (Å²) in [5.74, 6) is 0. The molecule has 1 aromatic carbocycles. The lowest BCUT2D eigenvalue weighted by atomic mass is 10.1. The van der Waals surface area contributed by atoms with Crippen molar-refractivity contribution in [2.45, 2.75) is 19.1 Å². The Kier molecular flexibility index (Phi) is 4.40. The third-order valence-corrected chi connectivity index (χ3v) is 3.94. The van der Waals surface area contributed by atoms with Crippen LogP contribution in [0.3, 0.4) is 0 Å². The van der Waals surface area contributed by atoms with Crippen molar-refractivity contribution >= 4 is 22.3 Å². The quantitative estimate of drug-likeness (QED) is 0.636. The lowest BCUT2D eigenvalue weighted by molar-refractivity contribution is -0.383. The Labute approximate surface area is 134 Å². The Morgan fingerprint density at radius 3 is 3.00 bits per heavy atom. The Morgan fingerprint density at radius 1 is 1.43 bits per heavy atom. The zero-order valence-corrected chi connectivity index (χ0v) is 13.1. The van der Waals surface area contributed by atoms with E-state index >= 15 is 0 Å². The minimum absolute atomic E-state index is 0.0299. The maximum absolute atomic E-state index is 11.2. The number of rotatable bonds is 4. The van der Waals surface area contributed by atoms with Gasteiger partial charge >= 0.3 is 0 Å². The number of fused-ring (bicyclic) bond motifs is 1. The van der Waals surface area contributed by atoms with Gasteiger partial charge in [0.2, 0.25) is 0 Å². The normalized spacial score (nSPS) is 21.6. The molecule has 2 heterocycles. The molecule has 2 aromatic rings. The maximum atomic E-state index is 11.2. The summed E-state index contributed by atoms with van der Waals surface area (Å²) in [6.07, 6.45) is 1.68. The van der Waals surface area contributed by atoms with E-state index in [0.717, 1.165) is 5.69 Å². The van der Waals surface area contributed by atoms with E-state index in [-0.39, 0.29) is 22.8 Å². The van der Waals surface area contributed by atoms with Gasteiger partial charge in [-0.25, -0.2) is 0 Å². The summed E-state index contributed by atoms with van der Waals surface area (Å²) in [5, 5.41) is 11.8. The number of non-ortho nitro benzene ring substituents is 1. The molecule has 1 fully saturated rings. The first-order valence-electron chi connectivity index (χ1n) is 7.51. The lowest BCUT2D eigenvalue weighted by Gasteiger charge is -2.38. The third-order valence-electron chi connectivity index (χ3n) is 3.94. The van der Waals surface area contributed by atoms with Crippen LogP contribution in [0.25, 0.3) is 10.9 Å². The molecule has 0 N–H and O–H groups in total. The van der Waals surface area contributed by atoms with Crippen molar-refractivity contribution < 1.29 is 14.4 Å². The molecule has 1 saturated heterocycles. The van der Waals surface area contributed by atoms with Crippen LogP contribution in [0.5, 0.6) is 0 Å². The van der Waals surface area contributed by atoms with Gasteiger partial charge in [0.25, 0.3) is 5.69 Å². The molecular formula is C16H19N3O4. The highest BCUT2D eigenvalue weighted by Gasteiger charge is 2.27. The number of morpholine rings is 1. The van der Waals surface area contributed by atoms with Crippen molar-refractivity contribution in [3.8, 4) is 0 Å². The first kappa shape index (κ1) is 15.6. The van der Waals surface area contributed by atoms with Crippen LogP contribution in [0.2, 0.25) is 0 Å². The topological polar surface area (TPSA) is 77.7 Å². The van der Waals surface area contributed by atoms with Gasteiger partial charge in [0, 0.05) is 32.5 Å². The molecule has 0 saturated carbocycles. The van der Waals surface area contributed by atoms with Crippen LogP contribution in [-0.2, 0) is 9.47 Å². The number of hydrogen-bond donors (Lipinski definition) is 0. The number of ether oxygens (including phenoxy) is 2. The highest BCUT2D eigenvalue weighted by atomic mass is 16.6. The molecule has 122 valence electrons. The van der Waals surface area contributed by atoms with E-state index < -0.39 is 0 Å². The highest BCUT2D eigenvalue weighted by molar-refractivity contribution is 5.97. The zero-order chi connectivity index (χ0) is 16.4. The molecule has 1 aliphatic rings. The van der Waals surface area contributed by atoms with Crippen LogP contribution in [0.15, 0.2) is 30.5 Å². The average molecular weight is 317 g/mol. The van der Waals surface area contributed by atoms with Gasteiger partial charge in [0.1, 0.15) is 5.52 Å². The largest absolute Gasteiger partial charge is 0.382 e. The number of pyridine rings is 1. The molecule has 0 bridgehead atoms. The SMILES string of the molecule is COCC1CN(c2ccc([N+](=O)[O-])c3cccnc23)CC(C)O1. The van der Waals surface area contributed by atoms with Crippen molar-refractivity contribution in [1.82, 2.24) is 4.98 Å². The van der Waals surface area contributed by atoms with Crippen molar-refractivity contribution in [1.29, 1.82) is 0 Å². The fourth-order valence-corrected chi connectivity index (χ4v) is 3.08. The van der Waals surface area contributed by atoms with Crippen LogP contribution in [0.1, 0.15) is 6.92 Å². The van der Waals surface area contributed by atoms with Crippen LogP contribution in [0, 0.1) is 10.1 Å². The van der Waals surface area contributed by atoms with E-state index in [4.69, 9.17) is 9.47 Å². The number of benzene rings is 1. The molecule has 0 spiro atoms. The molecule has 7 heteroatoms. The van der Waals surface area contributed by atoms with Gasteiger partial charge in [-0.05, 0) is 25.1 Å². The van der Waals surface area contributed by atoms with Gasteiger partial charge in [-0.15, -0.1) is 0 Å². The van der Waals surface area contributed by atoms with Crippen molar-refractivity contribution in [2.24, 2.45) is 0 Å². The molecule has 2 atom stereocenters. The van der Waals surface area contributed by atoms with Crippen LogP contribution in [-0.4, -0.2) is 48.9 Å². The molecule has 3 rings (SSSR count). The number of methoxy groups -OCH3 is 1. The van der Waals surface area contributed by atoms with Gasteiger partial charge in [0.15, 0.2) is 0 Å². The molecule has 0 radical (unpaired) electrons. The molecule has 0 aliphatic carbocycles. The summed E-state index contributed by atoms with van der Waals surface area (Å²) in [6.45, 7) is 3.90. The summed E-state index contributed by atoms with van der Waals surface area (Å²) in [7, 11) is 1.65. The molecule has 23 heavy (non-hydrogen) atoms. The van der Waals surface area contributed by atoms with E-state index in [9.17, 15) is 10.1 Å². The number of hydrogen-bond acceptors (Lipinski definition) is 6. The van der Waals surface area contributed by atoms with E-state index in [1.807, 2.05) is 6.92 Å². The molecule has 7 nitrogen and oxygen atoms in total. The monoisotopic (exact) mass is 317 g/mol. The minimum Gasteiger partial charge on any atom is -0.382 e. The van der Waals surface area contributed by atoms with Gasteiger partial charge in [0.05, 0.1) is 34.8 Å². The minimum atomic E-state index is -0.372. The summed E-state index contributed by atoms with van der Waals surface area (Å²) < 4.78 is 11.1. The summed E-state index contributed by atoms with van der Waals surface area (Å²) in [4.78, 5) is 17.4. The molecule has 2 unspecified atom stereocenters. The average Bonchev–Trinajstić information content (AvgIpc) is 2.53. The lowest BCUT2D eigenvalue weighted by Crippen LogP contribution is -2.48. The second kappa shape index (κ2) is 6.47. The van der Waals surface area contributed by atoms with E-state index in [1.165, 1.54) is 0 Å². The Balaban J connectivity index is 2.02. The van der Waals surface area contributed by atoms with Crippen molar-refractivity contribution in [3.05, 3.63) is 40.6 Å². The second-order valence-electron chi connectivity index (χ2n) is 5.69. The summed E-state index contributed by atoms with van der Waals surface area (Å²) in [5.41, 5.74) is 1.61. The van der Waals surface area contributed by atoms with E-state index in [0.29, 0.717) is 30.6 Å². The zero-order valence-electron chi connectivity index (χ0n) is 13.1. The van der Waals surface area contributed by atoms with Crippen LogP contribution >= 0.6 is 0 Å². The fraction of sp³-hybridized carbons (Fsp3) is 0.438. The predicted molar refractivity (Wildman–Crippen MR) is 86.8 cm³/mol. The Bertz CT molecular complexity index is 722. The van der Waals surface area contributed by atoms with Crippen molar-refractivity contribution in [3.63, 3.8) is 0 Å². The van der Waals surface area contributed by atoms with Gasteiger partial charge in [-0.1, -0.05) is 0 Å². The number of anilines is 1. The number of nitrogens with zero attached hydrogens (tertiary/aromatic N) is 3. The predicted octanol–water partition coefficient (Wildman–Crippen LogP) is 2.38. The number of nitro benzene ring substituents is 1. The second-order valence-corrected chi connectivity index (χ2v) is 5.69. The molecule has 1 aliphatic heterocycles. The van der Waals surface area contributed by atoms with Gasteiger partial charge in [-0.3, -0.25) is 15.1 Å². The first-order chi connectivity index (χ1) is 11.1. The smallest absolute Gasteiger partial charge is 0.278 e. The Hall–Kier alpha value is -2.25. The van der Waals surface area contributed by atoms with Gasteiger partial charge < -0.3 is 14.4 Å². The Morgan fingerprint density at radius 2 is 2.26 bits per heavy atom.